The molecule has 2 aliphatic heterocycles. The fraction of sp³-hybridized carbons (Fsp3) is 0.462. The summed E-state index contributed by atoms with van der Waals surface area (Å²) in [6.07, 6.45) is 7.78. The number of aromatic nitrogens is 1. The highest BCUT2D eigenvalue weighted by molar-refractivity contribution is 6.19. The lowest BCUT2D eigenvalue weighted by Gasteiger charge is -2.37. The molecular formula is C26H27N3O3. The van der Waals surface area contributed by atoms with E-state index in [1.807, 2.05) is 0 Å². The Morgan fingerprint density at radius 1 is 1.25 bits per heavy atom. The lowest BCUT2D eigenvalue weighted by Crippen LogP contribution is -2.35. The highest BCUT2D eigenvalue weighted by atomic mass is 16.5. The molecule has 6 nitrogen and oxygen atoms in total. The van der Waals surface area contributed by atoms with E-state index in [9.17, 15) is 10.2 Å². The first-order chi connectivity index (χ1) is 15.5. The van der Waals surface area contributed by atoms with Crippen LogP contribution in [0, 0.1) is 11.3 Å². The fourth-order valence-corrected chi connectivity index (χ4v) is 5.15. The van der Waals surface area contributed by atoms with Gasteiger partial charge in [-0.3, -0.25) is 10.4 Å². The number of nitrogens with one attached hydrogen (secondary N) is 1. The zero-order chi connectivity index (χ0) is 22.3. The van der Waals surface area contributed by atoms with Crippen molar-refractivity contribution in [2.45, 2.75) is 56.7 Å². The van der Waals surface area contributed by atoms with Gasteiger partial charge in [-0.1, -0.05) is 18.4 Å². The number of fused-ring (bicyclic) bond motifs is 1. The van der Waals surface area contributed by atoms with Crippen molar-refractivity contribution >= 4 is 23.7 Å². The molecule has 1 saturated heterocycles. The number of nitrogens with zero attached hydrogens (tertiary/aromatic N) is 2. The SMILES string of the molecule is CC1COCCC1c1cc(C2(O)CCC(O)CC2)c2c(n1)C(C1=CC=NC1=N)=C=C=C=C2. The second kappa shape index (κ2) is 8.27. The molecule has 0 radical (unpaired) electrons. The van der Waals surface area contributed by atoms with E-state index in [0.717, 1.165) is 23.2 Å². The van der Waals surface area contributed by atoms with Crippen LogP contribution in [0.1, 0.15) is 67.5 Å². The van der Waals surface area contributed by atoms with Gasteiger partial charge in [-0.15, -0.1) is 0 Å². The van der Waals surface area contributed by atoms with Gasteiger partial charge in [0.25, 0.3) is 0 Å². The predicted octanol–water partition coefficient (Wildman–Crippen LogP) is 3.65. The first kappa shape index (κ1) is 21.1. The van der Waals surface area contributed by atoms with Crippen molar-refractivity contribution in [2.24, 2.45) is 10.9 Å². The summed E-state index contributed by atoms with van der Waals surface area (Å²) in [5.41, 5.74) is 12.5. The number of amidine groups is 1. The number of aliphatic hydroxyl groups excluding tert-OH is 1. The van der Waals surface area contributed by atoms with Crippen molar-refractivity contribution in [3.8, 4) is 0 Å². The van der Waals surface area contributed by atoms with Crippen LogP contribution in [-0.2, 0) is 10.3 Å². The minimum absolute atomic E-state index is 0.162. The van der Waals surface area contributed by atoms with Gasteiger partial charge in [-0.2, -0.15) is 0 Å². The van der Waals surface area contributed by atoms with Gasteiger partial charge >= 0.3 is 0 Å². The van der Waals surface area contributed by atoms with Crippen LogP contribution in [0.2, 0.25) is 0 Å². The Labute approximate surface area is 187 Å². The molecule has 164 valence electrons. The Kier molecular flexibility index (Phi) is 5.44. The predicted molar refractivity (Wildman–Crippen MR) is 123 cm³/mol. The number of hydrogen-bond acceptors (Lipinski definition) is 5. The molecule has 0 bridgehead atoms. The van der Waals surface area contributed by atoms with Gasteiger partial charge in [0, 0.05) is 42.2 Å². The first-order valence-electron chi connectivity index (χ1n) is 11.3. The van der Waals surface area contributed by atoms with Crippen molar-refractivity contribution in [1.29, 1.82) is 5.41 Å². The number of pyridine rings is 1. The number of allylic oxidation sites excluding steroid dienone is 1. The van der Waals surface area contributed by atoms with Gasteiger partial charge in [0.2, 0.25) is 0 Å². The molecule has 2 atom stereocenters. The monoisotopic (exact) mass is 429 g/mol. The van der Waals surface area contributed by atoms with E-state index in [2.05, 4.69) is 35.2 Å². The highest BCUT2D eigenvalue weighted by Crippen LogP contribution is 2.44. The van der Waals surface area contributed by atoms with Crippen LogP contribution in [0.5, 0.6) is 0 Å². The molecule has 1 saturated carbocycles. The minimum atomic E-state index is -1.06. The summed E-state index contributed by atoms with van der Waals surface area (Å²) in [5.74, 6) is 0.679. The zero-order valence-corrected chi connectivity index (χ0v) is 18.2. The molecule has 4 aliphatic rings. The standard InChI is InChI=1S/C26H27N3O3/c1-16-15-32-13-9-18(16)23-14-22(26(31)10-6-17(30)7-11-26)21-5-3-2-4-19(24(21)29-23)20-8-12-28-25(20)27/h5,8,12,14,16-18,27,30-31H,6-7,9-11,13,15H2,1H3. The molecule has 32 heavy (non-hydrogen) atoms. The fourth-order valence-electron chi connectivity index (χ4n) is 5.15. The molecule has 6 heteroatoms. The van der Waals surface area contributed by atoms with Crippen LogP contribution in [0.25, 0.3) is 11.6 Å². The minimum Gasteiger partial charge on any atom is -0.393 e. The number of ether oxygens (including phenoxy) is 1. The van der Waals surface area contributed by atoms with Crippen molar-refractivity contribution in [3.05, 3.63) is 57.4 Å². The molecule has 0 amide bonds. The Morgan fingerprint density at radius 3 is 2.78 bits per heavy atom. The smallest absolute Gasteiger partial charge is 0.153 e. The molecular weight excluding hydrogens is 402 g/mol. The van der Waals surface area contributed by atoms with Crippen LogP contribution in [0.15, 0.2) is 39.9 Å². The number of aliphatic hydroxyl groups is 2. The van der Waals surface area contributed by atoms with E-state index in [1.54, 1.807) is 18.4 Å². The van der Waals surface area contributed by atoms with Gasteiger partial charge in [0.1, 0.15) is 0 Å². The zero-order valence-electron chi connectivity index (χ0n) is 18.2. The highest BCUT2D eigenvalue weighted by Gasteiger charge is 2.39. The first-order valence-corrected chi connectivity index (χ1v) is 11.3. The Bertz CT molecular complexity index is 1170. The molecule has 2 fully saturated rings. The molecule has 3 N–H and O–H groups in total. The Balaban J connectivity index is 1.71. The summed E-state index contributed by atoms with van der Waals surface area (Å²) in [6.45, 7) is 3.54. The topological polar surface area (TPSA) is 98.8 Å². The molecule has 0 spiro atoms. The maximum Gasteiger partial charge on any atom is 0.153 e. The lowest BCUT2D eigenvalue weighted by atomic mass is 9.75. The van der Waals surface area contributed by atoms with Crippen LogP contribution in [-0.4, -0.2) is 46.6 Å². The maximum atomic E-state index is 11.8. The normalized spacial score (nSPS) is 31.3. The van der Waals surface area contributed by atoms with Gasteiger partial charge in [-0.25, -0.2) is 4.99 Å². The van der Waals surface area contributed by atoms with Crippen LogP contribution >= 0.6 is 0 Å². The van der Waals surface area contributed by atoms with Crippen molar-refractivity contribution in [3.63, 3.8) is 0 Å². The molecule has 5 rings (SSSR count). The number of rotatable bonds is 3. The van der Waals surface area contributed by atoms with E-state index in [-0.39, 0.29) is 17.9 Å². The van der Waals surface area contributed by atoms with E-state index in [1.165, 1.54) is 0 Å². The van der Waals surface area contributed by atoms with E-state index in [4.69, 9.17) is 15.1 Å². The van der Waals surface area contributed by atoms with Gasteiger partial charge in [0.15, 0.2) is 5.84 Å². The summed E-state index contributed by atoms with van der Waals surface area (Å²) in [5, 5.41) is 30.1. The molecule has 3 heterocycles. The average molecular weight is 430 g/mol. The second-order valence-corrected chi connectivity index (χ2v) is 9.19. The summed E-state index contributed by atoms with van der Waals surface area (Å²) in [6, 6.07) is 2.05. The van der Waals surface area contributed by atoms with Gasteiger partial charge in [0.05, 0.1) is 23.0 Å². The Hall–Kier alpha value is -2.81. The van der Waals surface area contributed by atoms with Crippen LogP contribution < -0.4 is 0 Å². The van der Waals surface area contributed by atoms with E-state index < -0.39 is 5.60 Å². The lowest BCUT2D eigenvalue weighted by molar-refractivity contribution is -0.0364. The molecule has 1 aromatic heterocycles. The van der Waals surface area contributed by atoms with Crippen molar-refractivity contribution < 1.29 is 14.9 Å². The van der Waals surface area contributed by atoms with Crippen LogP contribution in [0.4, 0.5) is 0 Å². The van der Waals surface area contributed by atoms with Crippen molar-refractivity contribution in [1.82, 2.24) is 4.98 Å². The number of aliphatic imine (C=N–C) groups is 1. The van der Waals surface area contributed by atoms with Crippen molar-refractivity contribution in [2.75, 3.05) is 13.2 Å². The molecule has 2 aliphatic carbocycles. The third-order valence-electron chi connectivity index (χ3n) is 7.07. The maximum absolute atomic E-state index is 11.8. The summed E-state index contributed by atoms with van der Waals surface area (Å²) in [7, 11) is 0. The summed E-state index contributed by atoms with van der Waals surface area (Å²) < 4.78 is 5.66. The third kappa shape index (κ3) is 3.68. The second-order valence-electron chi connectivity index (χ2n) is 9.19. The largest absolute Gasteiger partial charge is 0.393 e. The third-order valence-corrected chi connectivity index (χ3v) is 7.07. The van der Waals surface area contributed by atoms with E-state index in [0.29, 0.717) is 61.7 Å². The number of hydrogen-bond donors (Lipinski definition) is 3. The average Bonchev–Trinajstić information content (AvgIpc) is 3.10. The van der Waals surface area contributed by atoms with Crippen LogP contribution in [0.3, 0.4) is 0 Å². The molecule has 2 unspecified atom stereocenters. The van der Waals surface area contributed by atoms with Gasteiger partial charge < -0.3 is 14.9 Å². The quantitative estimate of drug-likeness (QED) is 0.639. The van der Waals surface area contributed by atoms with E-state index >= 15 is 0 Å². The molecule has 1 aromatic rings. The Morgan fingerprint density at radius 2 is 2.06 bits per heavy atom. The van der Waals surface area contributed by atoms with Gasteiger partial charge in [-0.05, 0) is 67.5 Å². The summed E-state index contributed by atoms with van der Waals surface area (Å²) >= 11 is 0. The summed E-state index contributed by atoms with van der Waals surface area (Å²) in [4.78, 5) is 9.17. The molecule has 0 aromatic carbocycles.